The Kier molecular flexibility index (Phi) is 7.09. The van der Waals surface area contributed by atoms with Crippen LogP contribution in [-0.4, -0.2) is 58.5 Å². The molecule has 152 valence electrons. The Balaban J connectivity index is 1.49. The number of hydrogen-bond acceptors (Lipinski definition) is 3. The van der Waals surface area contributed by atoms with Crippen molar-refractivity contribution in [1.82, 2.24) is 24.7 Å². The summed E-state index contributed by atoms with van der Waals surface area (Å²) in [6, 6.07) is 8.81. The third kappa shape index (κ3) is 5.58. The molecule has 1 aliphatic heterocycles. The molecule has 0 bridgehead atoms. The van der Waals surface area contributed by atoms with Crippen molar-refractivity contribution in [3.63, 3.8) is 0 Å². The van der Waals surface area contributed by atoms with E-state index in [9.17, 15) is 0 Å². The maximum absolute atomic E-state index is 4.51. The van der Waals surface area contributed by atoms with Gasteiger partial charge < -0.3 is 14.8 Å². The molecule has 1 N–H and O–H groups in total. The van der Waals surface area contributed by atoms with Gasteiger partial charge in [0, 0.05) is 58.7 Å². The fourth-order valence-electron chi connectivity index (χ4n) is 3.74. The minimum Gasteiger partial charge on any atom is -0.349 e. The molecular weight excluding hydrogens is 348 g/mol. The third-order valence-corrected chi connectivity index (χ3v) is 5.14. The number of hydrogen-bond donors (Lipinski definition) is 1. The first kappa shape index (κ1) is 20.4. The molecule has 0 atom stereocenters. The summed E-state index contributed by atoms with van der Waals surface area (Å²) < 4.78 is 2.23. The van der Waals surface area contributed by atoms with Gasteiger partial charge in [-0.3, -0.25) is 9.89 Å². The van der Waals surface area contributed by atoms with Crippen LogP contribution in [0.1, 0.15) is 30.8 Å². The van der Waals surface area contributed by atoms with Crippen molar-refractivity contribution in [3.8, 4) is 0 Å². The molecule has 6 heteroatoms. The monoisotopic (exact) mass is 382 g/mol. The van der Waals surface area contributed by atoms with Gasteiger partial charge in [-0.05, 0) is 18.4 Å². The lowest BCUT2D eigenvalue weighted by Gasteiger charge is -2.36. The first-order valence-electron chi connectivity index (χ1n) is 10.3. The highest BCUT2D eigenvalue weighted by atomic mass is 15.3. The molecule has 6 nitrogen and oxygen atoms in total. The van der Waals surface area contributed by atoms with Crippen LogP contribution < -0.4 is 5.32 Å². The van der Waals surface area contributed by atoms with Gasteiger partial charge in [-0.15, -0.1) is 0 Å². The largest absolute Gasteiger partial charge is 0.349 e. The normalized spacial score (nSPS) is 16.0. The molecule has 2 aromatic rings. The number of guanidine groups is 1. The summed E-state index contributed by atoms with van der Waals surface area (Å²) in [6.45, 7) is 13.4. The van der Waals surface area contributed by atoms with Gasteiger partial charge in [0.2, 0.25) is 0 Å². The Morgan fingerprint density at radius 2 is 2.00 bits per heavy atom. The third-order valence-electron chi connectivity index (χ3n) is 5.14. The SMILES string of the molecule is CN=C(NCc1nccn1CC(C)C)N1CCN(Cc2cccc(C)c2)CC1. The van der Waals surface area contributed by atoms with Crippen molar-refractivity contribution in [2.45, 2.75) is 40.4 Å². The molecule has 0 aliphatic carbocycles. The summed E-state index contributed by atoms with van der Waals surface area (Å²) in [4.78, 5) is 13.9. The zero-order valence-electron chi connectivity index (χ0n) is 17.7. The quantitative estimate of drug-likeness (QED) is 0.616. The number of rotatable bonds is 6. The highest BCUT2D eigenvalue weighted by Gasteiger charge is 2.20. The van der Waals surface area contributed by atoms with Crippen molar-refractivity contribution in [2.24, 2.45) is 10.9 Å². The van der Waals surface area contributed by atoms with Gasteiger partial charge in [0.25, 0.3) is 0 Å². The van der Waals surface area contributed by atoms with Crippen molar-refractivity contribution in [3.05, 3.63) is 53.6 Å². The molecule has 0 spiro atoms. The Hall–Kier alpha value is -2.34. The average molecular weight is 383 g/mol. The second kappa shape index (κ2) is 9.73. The van der Waals surface area contributed by atoms with E-state index in [0.29, 0.717) is 12.5 Å². The van der Waals surface area contributed by atoms with Crippen LogP contribution in [0, 0.1) is 12.8 Å². The van der Waals surface area contributed by atoms with Crippen LogP contribution in [0.2, 0.25) is 0 Å². The predicted molar refractivity (Wildman–Crippen MR) is 115 cm³/mol. The van der Waals surface area contributed by atoms with Gasteiger partial charge in [0.1, 0.15) is 5.82 Å². The van der Waals surface area contributed by atoms with Gasteiger partial charge in [0.15, 0.2) is 5.96 Å². The Bertz CT molecular complexity index is 771. The van der Waals surface area contributed by atoms with E-state index in [1.54, 1.807) is 0 Å². The van der Waals surface area contributed by atoms with Crippen LogP contribution >= 0.6 is 0 Å². The Morgan fingerprint density at radius 3 is 2.68 bits per heavy atom. The number of benzene rings is 1. The predicted octanol–water partition coefficient (Wildman–Crippen LogP) is 2.74. The minimum absolute atomic E-state index is 0.605. The lowest BCUT2D eigenvalue weighted by Crippen LogP contribution is -2.52. The highest BCUT2D eigenvalue weighted by molar-refractivity contribution is 5.79. The zero-order valence-corrected chi connectivity index (χ0v) is 17.7. The number of piperazine rings is 1. The van der Waals surface area contributed by atoms with E-state index in [0.717, 1.165) is 51.1 Å². The molecule has 1 aliphatic rings. The highest BCUT2D eigenvalue weighted by Crippen LogP contribution is 2.11. The standard InChI is InChI=1S/C22H34N6/c1-18(2)16-28-9-8-24-21(28)15-25-22(23-4)27-12-10-26(11-13-27)17-20-7-5-6-19(3)14-20/h5-9,14,18H,10-13,15-17H2,1-4H3,(H,23,25). The van der Waals surface area contributed by atoms with Crippen LogP contribution in [0.3, 0.4) is 0 Å². The number of imidazole rings is 1. The van der Waals surface area contributed by atoms with E-state index >= 15 is 0 Å². The van der Waals surface area contributed by atoms with Crippen LogP contribution in [0.5, 0.6) is 0 Å². The maximum atomic E-state index is 4.51. The van der Waals surface area contributed by atoms with Crippen LogP contribution in [0.4, 0.5) is 0 Å². The number of aromatic nitrogens is 2. The summed E-state index contributed by atoms with van der Waals surface area (Å²) in [5, 5.41) is 3.50. The minimum atomic E-state index is 0.605. The number of aliphatic imine (C=N–C) groups is 1. The van der Waals surface area contributed by atoms with Gasteiger partial charge in [-0.2, -0.15) is 0 Å². The molecule has 0 unspecified atom stereocenters. The zero-order chi connectivity index (χ0) is 19.9. The second-order valence-corrected chi connectivity index (χ2v) is 8.04. The molecule has 2 heterocycles. The van der Waals surface area contributed by atoms with Crippen molar-refractivity contribution < 1.29 is 0 Å². The second-order valence-electron chi connectivity index (χ2n) is 8.04. The first-order valence-corrected chi connectivity index (χ1v) is 10.3. The molecule has 1 fully saturated rings. The number of nitrogens with zero attached hydrogens (tertiary/aromatic N) is 5. The lowest BCUT2D eigenvalue weighted by molar-refractivity contribution is 0.172. The van der Waals surface area contributed by atoms with Crippen LogP contribution in [0.25, 0.3) is 0 Å². The van der Waals surface area contributed by atoms with E-state index in [1.165, 1.54) is 11.1 Å². The molecule has 1 aromatic heterocycles. The van der Waals surface area contributed by atoms with Crippen molar-refractivity contribution in [1.29, 1.82) is 0 Å². The molecule has 1 aromatic carbocycles. The van der Waals surface area contributed by atoms with Gasteiger partial charge in [-0.25, -0.2) is 4.98 Å². The molecular formula is C22H34N6. The van der Waals surface area contributed by atoms with E-state index in [-0.39, 0.29) is 0 Å². The topological polar surface area (TPSA) is 48.7 Å². The molecule has 0 radical (unpaired) electrons. The van der Waals surface area contributed by atoms with Gasteiger partial charge >= 0.3 is 0 Å². The summed E-state index contributed by atoms with van der Waals surface area (Å²) in [6.07, 6.45) is 3.94. The Labute approximate surface area is 169 Å². The maximum Gasteiger partial charge on any atom is 0.194 e. The number of nitrogens with one attached hydrogen (secondary N) is 1. The molecule has 0 amide bonds. The van der Waals surface area contributed by atoms with Gasteiger partial charge in [-0.1, -0.05) is 43.7 Å². The van der Waals surface area contributed by atoms with Gasteiger partial charge in [0.05, 0.1) is 6.54 Å². The molecule has 28 heavy (non-hydrogen) atoms. The first-order chi connectivity index (χ1) is 13.5. The average Bonchev–Trinajstić information content (AvgIpc) is 3.10. The molecule has 3 rings (SSSR count). The summed E-state index contributed by atoms with van der Waals surface area (Å²) >= 11 is 0. The summed E-state index contributed by atoms with van der Waals surface area (Å²) in [7, 11) is 1.86. The Morgan fingerprint density at radius 1 is 1.21 bits per heavy atom. The van der Waals surface area contributed by atoms with Crippen molar-refractivity contribution >= 4 is 5.96 Å². The summed E-state index contributed by atoms with van der Waals surface area (Å²) in [5.41, 5.74) is 2.73. The molecule has 0 saturated carbocycles. The molecule has 1 saturated heterocycles. The fraction of sp³-hybridized carbons (Fsp3) is 0.545. The van der Waals surface area contributed by atoms with Crippen molar-refractivity contribution in [2.75, 3.05) is 33.2 Å². The number of aryl methyl sites for hydroxylation is 1. The van der Waals surface area contributed by atoms with E-state index in [4.69, 9.17) is 0 Å². The van der Waals surface area contributed by atoms with E-state index < -0.39 is 0 Å². The smallest absolute Gasteiger partial charge is 0.194 e. The lowest BCUT2D eigenvalue weighted by atomic mass is 10.1. The van der Waals surface area contributed by atoms with E-state index in [1.807, 2.05) is 13.2 Å². The summed E-state index contributed by atoms with van der Waals surface area (Å²) in [5.74, 6) is 2.64. The fourth-order valence-corrected chi connectivity index (χ4v) is 3.74. The van der Waals surface area contributed by atoms with Crippen LogP contribution in [-0.2, 0) is 19.6 Å². The van der Waals surface area contributed by atoms with E-state index in [2.05, 4.69) is 80.9 Å². The van der Waals surface area contributed by atoms with Crippen LogP contribution in [0.15, 0.2) is 41.7 Å².